The number of phenols is 1. The summed E-state index contributed by atoms with van der Waals surface area (Å²) in [7, 11) is 0. The number of hydrogen-bond acceptors (Lipinski definition) is 3. The zero-order valence-electron chi connectivity index (χ0n) is 12.4. The number of ketones is 1. The second-order valence-electron chi connectivity index (χ2n) is 5.01. The lowest BCUT2D eigenvalue weighted by Crippen LogP contribution is -2.15. The quantitative estimate of drug-likeness (QED) is 0.573. The number of hydrogen-bond donors (Lipinski definition) is 1. The fourth-order valence-electron chi connectivity index (χ4n) is 2.25. The van der Waals surface area contributed by atoms with Gasteiger partial charge in [-0.05, 0) is 12.1 Å². The standard InChI is InChI=1S/C20H15NO2/c22-18-14-8-7-13-17(18)21-19(15-9-3-1-4-10-15)20(23)16-11-5-2-6-12-16/h1-14,22H. The number of carbonyl (C=O) groups excluding carboxylic acids is 1. The summed E-state index contributed by atoms with van der Waals surface area (Å²) >= 11 is 0. The van der Waals surface area contributed by atoms with Gasteiger partial charge in [0.05, 0.1) is 0 Å². The molecule has 0 aliphatic rings. The molecule has 0 aliphatic carbocycles. The molecule has 0 saturated heterocycles. The summed E-state index contributed by atoms with van der Waals surface area (Å²) in [5.41, 5.74) is 1.95. The molecule has 3 aromatic carbocycles. The Morgan fingerprint density at radius 1 is 0.696 bits per heavy atom. The number of aliphatic imine (C=N–C) groups is 1. The maximum absolute atomic E-state index is 12.8. The van der Waals surface area contributed by atoms with E-state index in [4.69, 9.17) is 0 Å². The lowest BCUT2D eigenvalue weighted by molar-refractivity contribution is 0.106. The van der Waals surface area contributed by atoms with E-state index < -0.39 is 0 Å². The minimum Gasteiger partial charge on any atom is -0.506 e. The normalized spacial score (nSPS) is 11.2. The van der Waals surface area contributed by atoms with E-state index in [1.54, 1.807) is 36.4 Å². The molecule has 0 radical (unpaired) electrons. The summed E-state index contributed by atoms with van der Waals surface area (Å²) in [6.45, 7) is 0. The van der Waals surface area contributed by atoms with Crippen LogP contribution in [0.15, 0.2) is 89.9 Å². The Morgan fingerprint density at radius 2 is 1.22 bits per heavy atom. The van der Waals surface area contributed by atoms with E-state index in [1.807, 2.05) is 48.5 Å². The van der Waals surface area contributed by atoms with E-state index in [1.165, 1.54) is 0 Å². The van der Waals surface area contributed by atoms with Crippen LogP contribution in [0.4, 0.5) is 5.69 Å². The highest BCUT2D eigenvalue weighted by Gasteiger charge is 2.16. The molecule has 23 heavy (non-hydrogen) atoms. The van der Waals surface area contributed by atoms with Crippen LogP contribution in [-0.2, 0) is 0 Å². The molecule has 3 nitrogen and oxygen atoms in total. The minimum atomic E-state index is -0.181. The molecule has 0 spiro atoms. The zero-order chi connectivity index (χ0) is 16.1. The van der Waals surface area contributed by atoms with Crippen molar-refractivity contribution in [1.82, 2.24) is 0 Å². The van der Waals surface area contributed by atoms with Gasteiger partial charge in [0.2, 0.25) is 5.78 Å². The van der Waals surface area contributed by atoms with Gasteiger partial charge >= 0.3 is 0 Å². The molecule has 0 fully saturated rings. The molecule has 3 rings (SSSR count). The Hall–Kier alpha value is -3.20. The van der Waals surface area contributed by atoms with Gasteiger partial charge < -0.3 is 5.11 Å². The maximum Gasteiger partial charge on any atom is 0.211 e. The number of Topliss-reactive ketones (excluding diaryl/α,β-unsaturated/α-hetero) is 1. The van der Waals surface area contributed by atoms with Crippen molar-refractivity contribution in [3.05, 3.63) is 96.1 Å². The molecule has 1 N–H and O–H groups in total. The van der Waals surface area contributed by atoms with E-state index in [-0.39, 0.29) is 11.5 Å². The molecule has 3 heteroatoms. The van der Waals surface area contributed by atoms with Crippen molar-refractivity contribution < 1.29 is 9.90 Å². The van der Waals surface area contributed by atoms with E-state index in [0.717, 1.165) is 0 Å². The van der Waals surface area contributed by atoms with Crippen LogP contribution in [0.1, 0.15) is 15.9 Å². The second kappa shape index (κ2) is 6.71. The highest BCUT2D eigenvalue weighted by Crippen LogP contribution is 2.26. The molecule has 0 aliphatic heterocycles. The number of benzene rings is 3. The van der Waals surface area contributed by atoms with Gasteiger partial charge in [0, 0.05) is 11.1 Å². The first-order valence-electron chi connectivity index (χ1n) is 7.27. The smallest absolute Gasteiger partial charge is 0.211 e. The van der Waals surface area contributed by atoms with Gasteiger partial charge in [-0.1, -0.05) is 72.8 Å². The maximum atomic E-state index is 12.8. The van der Waals surface area contributed by atoms with Crippen LogP contribution in [0.2, 0.25) is 0 Å². The lowest BCUT2D eigenvalue weighted by atomic mass is 10.0. The summed E-state index contributed by atoms with van der Waals surface area (Å²) in [6.07, 6.45) is 0. The number of phenolic OH excluding ortho intramolecular Hbond substituents is 1. The topological polar surface area (TPSA) is 49.7 Å². The van der Waals surface area contributed by atoms with Crippen molar-refractivity contribution in [2.75, 3.05) is 0 Å². The molecule has 0 unspecified atom stereocenters. The van der Waals surface area contributed by atoms with Crippen LogP contribution in [-0.4, -0.2) is 16.6 Å². The lowest BCUT2D eigenvalue weighted by Gasteiger charge is -2.07. The molecule has 0 aromatic heterocycles. The van der Waals surface area contributed by atoms with Crippen LogP contribution in [0, 0.1) is 0 Å². The van der Waals surface area contributed by atoms with Crippen LogP contribution < -0.4 is 0 Å². The van der Waals surface area contributed by atoms with Gasteiger partial charge in [-0.15, -0.1) is 0 Å². The first-order chi connectivity index (χ1) is 11.3. The largest absolute Gasteiger partial charge is 0.506 e. The highest BCUT2D eigenvalue weighted by molar-refractivity contribution is 6.51. The Balaban J connectivity index is 2.12. The number of para-hydroxylation sites is 2. The predicted octanol–water partition coefficient (Wildman–Crippen LogP) is 4.40. The van der Waals surface area contributed by atoms with E-state index in [9.17, 15) is 9.90 Å². The third kappa shape index (κ3) is 3.35. The molecule has 0 amide bonds. The molecule has 112 valence electrons. The van der Waals surface area contributed by atoms with Gasteiger partial charge in [0.25, 0.3) is 0 Å². The van der Waals surface area contributed by atoms with Crippen molar-refractivity contribution in [3.63, 3.8) is 0 Å². The highest BCUT2D eigenvalue weighted by atomic mass is 16.3. The number of rotatable bonds is 4. The molecular weight excluding hydrogens is 286 g/mol. The third-order valence-corrected chi connectivity index (χ3v) is 3.41. The predicted molar refractivity (Wildman–Crippen MR) is 91.5 cm³/mol. The van der Waals surface area contributed by atoms with Crippen molar-refractivity contribution in [1.29, 1.82) is 0 Å². The first-order valence-corrected chi connectivity index (χ1v) is 7.27. The van der Waals surface area contributed by atoms with Crippen molar-refractivity contribution >= 4 is 17.2 Å². The van der Waals surface area contributed by atoms with Gasteiger partial charge in [-0.3, -0.25) is 4.79 Å². The summed E-state index contributed by atoms with van der Waals surface area (Å²) in [4.78, 5) is 17.3. The summed E-state index contributed by atoms with van der Waals surface area (Å²) < 4.78 is 0. The average Bonchev–Trinajstić information content (AvgIpc) is 2.62. The second-order valence-corrected chi connectivity index (χ2v) is 5.01. The SMILES string of the molecule is O=C(C(=Nc1ccccc1O)c1ccccc1)c1ccccc1. The summed E-state index contributed by atoms with van der Waals surface area (Å²) in [6, 6.07) is 25.0. The van der Waals surface area contributed by atoms with E-state index >= 15 is 0 Å². The number of carbonyl (C=O) groups is 1. The van der Waals surface area contributed by atoms with Gasteiger partial charge in [-0.2, -0.15) is 0 Å². The molecule has 0 saturated carbocycles. The third-order valence-electron chi connectivity index (χ3n) is 3.41. The van der Waals surface area contributed by atoms with Crippen LogP contribution in [0.3, 0.4) is 0 Å². The van der Waals surface area contributed by atoms with Crippen molar-refractivity contribution in [3.8, 4) is 5.75 Å². The first kappa shape index (κ1) is 14.7. The fraction of sp³-hybridized carbons (Fsp3) is 0. The zero-order valence-corrected chi connectivity index (χ0v) is 12.4. The van der Waals surface area contributed by atoms with Crippen LogP contribution in [0.25, 0.3) is 0 Å². The molecule has 0 bridgehead atoms. The molecule has 0 heterocycles. The summed E-state index contributed by atoms with van der Waals surface area (Å²) in [5.74, 6) is -0.137. The van der Waals surface area contributed by atoms with Crippen molar-refractivity contribution in [2.45, 2.75) is 0 Å². The van der Waals surface area contributed by atoms with Gasteiger partial charge in [0.15, 0.2) is 0 Å². The monoisotopic (exact) mass is 301 g/mol. The number of aromatic hydroxyl groups is 1. The minimum absolute atomic E-state index is 0.0433. The molecular formula is C20H15NO2. The molecule has 3 aromatic rings. The Morgan fingerprint density at radius 3 is 1.83 bits per heavy atom. The van der Waals surface area contributed by atoms with Gasteiger partial charge in [-0.25, -0.2) is 4.99 Å². The van der Waals surface area contributed by atoms with Crippen LogP contribution in [0.5, 0.6) is 5.75 Å². The fourth-order valence-corrected chi connectivity index (χ4v) is 2.25. The Labute approximate surface area is 134 Å². The number of nitrogens with zero attached hydrogens (tertiary/aromatic N) is 1. The molecule has 0 atom stereocenters. The van der Waals surface area contributed by atoms with Crippen LogP contribution >= 0.6 is 0 Å². The van der Waals surface area contributed by atoms with Crippen molar-refractivity contribution in [2.24, 2.45) is 4.99 Å². The Bertz CT molecular complexity index is 840. The van der Waals surface area contributed by atoms with E-state index in [0.29, 0.717) is 22.5 Å². The van der Waals surface area contributed by atoms with Gasteiger partial charge in [0.1, 0.15) is 17.1 Å². The van der Waals surface area contributed by atoms with E-state index in [2.05, 4.69) is 4.99 Å². The summed E-state index contributed by atoms with van der Waals surface area (Å²) in [5, 5.41) is 9.94. The average molecular weight is 301 g/mol. The Kier molecular flexibility index (Phi) is 4.29.